The van der Waals surface area contributed by atoms with Gasteiger partial charge in [0.05, 0.1) is 12.5 Å². The lowest BCUT2D eigenvalue weighted by atomic mass is 10.0. The summed E-state index contributed by atoms with van der Waals surface area (Å²) in [5.41, 5.74) is 6.27. The monoisotopic (exact) mass is 240 g/mol. The van der Waals surface area contributed by atoms with Crippen molar-refractivity contribution < 1.29 is 5.11 Å². The third kappa shape index (κ3) is 2.44. The second kappa shape index (κ2) is 4.26. The maximum atomic E-state index is 9.42. The second-order valence-electron chi connectivity index (χ2n) is 2.67. The normalized spacial score (nSPS) is 12.1. The van der Waals surface area contributed by atoms with E-state index in [0.717, 1.165) is 4.47 Å². The number of aromatic hydroxyl groups is 1. The first-order valence-corrected chi connectivity index (χ1v) is 4.55. The number of nitrogens with zero attached hydrogens (tertiary/aromatic N) is 1. The van der Waals surface area contributed by atoms with Crippen molar-refractivity contribution in [1.29, 1.82) is 5.26 Å². The van der Waals surface area contributed by atoms with Crippen molar-refractivity contribution in [2.24, 2.45) is 5.73 Å². The molecule has 0 heterocycles. The number of hydrogen-bond donors (Lipinski definition) is 2. The maximum Gasteiger partial charge on any atom is 0.120 e. The van der Waals surface area contributed by atoms with Crippen LogP contribution in [0.25, 0.3) is 0 Å². The Labute approximate surface area is 84.9 Å². The first-order chi connectivity index (χ1) is 6.15. The van der Waals surface area contributed by atoms with Gasteiger partial charge in [-0.15, -0.1) is 0 Å². The number of nitrogens with two attached hydrogens (primary N) is 1. The van der Waals surface area contributed by atoms with Gasteiger partial charge in [-0.2, -0.15) is 5.26 Å². The zero-order chi connectivity index (χ0) is 9.84. The van der Waals surface area contributed by atoms with Crippen LogP contribution in [0.4, 0.5) is 0 Å². The molecule has 0 radical (unpaired) electrons. The predicted octanol–water partition coefficient (Wildman–Crippen LogP) is 2.07. The standard InChI is InChI=1S/C9H9BrN2O/c10-6-1-2-9(13)7(5-6)8(12)3-4-11/h1-2,5,8,13H,3,12H2/t8-/m0/s1. The van der Waals surface area contributed by atoms with Crippen LogP contribution in [-0.2, 0) is 0 Å². The van der Waals surface area contributed by atoms with E-state index >= 15 is 0 Å². The molecule has 1 rings (SSSR count). The molecule has 0 aliphatic heterocycles. The lowest BCUT2D eigenvalue weighted by molar-refractivity contribution is 0.462. The molecular formula is C9H9BrN2O. The minimum atomic E-state index is -0.428. The maximum absolute atomic E-state index is 9.42. The molecule has 1 aromatic carbocycles. The van der Waals surface area contributed by atoms with E-state index in [9.17, 15) is 5.11 Å². The van der Waals surface area contributed by atoms with Crippen LogP contribution in [0, 0.1) is 11.3 Å². The van der Waals surface area contributed by atoms with Crippen LogP contribution >= 0.6 is 15.9 Å². The van der Waals surface area contributed by atoms with Crippen molar-refractivity contribution in [3.8, 4) is 11.8 Å². The fraction of sp³-hybridized carbons (Fsp3) is 0.222. The zero-order valence-corrected chi connectivity index (χ0v) is 8.45. The molecule has 0 amide bonds. The Balaban J connectivity index is 3.00. The molecule has 68 valence electrons. The van der Waals surface area contributed by atoms with Crippen LogP contribution in [0.5, 0.6) is 5.75 Å². The number of benzene rings is 1. The van der Waals surface area contributed by atoms with Crippen LogP contribution in [-0.4, -0.2) is 5.11 Å². The van der Waals surface area contributed by atoms with Gasteiger partial charge in [-0.25, -0.2) is 0 Å². The van der Waals surface area contributed by atoms with Crippen molar-refractivity contribution in [3.05, 3.63) is 28.2 Å². The van der Waals surface area contributed by atoms with E-state index in [4.69, 9.17) is 11.0 Å². The highest BCUT2D eigenvalue weighted by Crippen LogP contribution is 2.27. The van der Waals surface area contributed by atoms with Gasteiger partial charge in [-0.05, 0) is 18.2 Å². The fourth-order valence-corrected chi connectivity index (χ4v) is 1.41. The third-order valence-corrected chi connectivity index (χ3v) is 2.19. The average molecular weight is 241 g/mol. The van der Waals surface area contributed by atoms with Gasteiger partial charge in [0, 0.05) is 16.1 Å². The molecule has 0 saturated heterocycles. The van der Waals surface area contributed by atoms with Crippen molar-refractivity contribution in [3.63, 3.8) is 0 Å². The first kappa shape index (κ1) is 10.0. The summed E-state index contributed by atoms with van der Waals surface area (Å²) in [4.78, 5) is 0. The molecule has 3 nitrogen and oxygen atoms in total. The number of phenolic OH excluding ortho intramolecular Hbond substituents is 1. The molecule has 0 aliphatic carbocycles. The SMILES string of the molecule is N#CC[C@H](N)c1cc(Br)ccc1O. The molecule has 0 unspecified atom stereocenters. The van der Waals surface area contributed by atoms with Gasteiger partial charge in [-0.1, -0.05) is 15.9 Å². The third-order valence-electron chi connectivity index (χ3n) is 1.70. The lowest BCUT2D eigenvalue weighted by Crippen LogP contribution is -2.09. The van der Waals surface area contributed by atoms with E-state index in [-0.39, 0.29) is 12.2 Å². The summed E-state index contributed by atoms with van der Waals surface area (Å²) in [7, 11) is 0. The van der Waals surface area contributed by atoms with Gasteiger partial charge < -0.3 is 10.8 Å². The minimum Gasteiger partial charge on any atom is -0.508 e. The van der Waals surface area contributed by atoms with E-state index in [2.05, 4.69) is 15.9 Å². The molecule has 1 atom stereocenters. The van der Waals surface area contributed by atoms with Crippen LogP contribution in [0.2, 0.25) is 0 Å². The average Bonchev–Trinajstić information content (AvgIpc) is 2.09. The van der Waals surface area contributed by atoms with Gasteiger partial charge in [0.15, 0.2) is 0 Å². The molecule has 1 aromatic rings. The van der Waals surface area contributed by atoms with Crippen LogP contribution in [0.15, 0.2) is 22.7 Å². The zero-order valence-electron chi connectivity index (χ0n) is 6.87. The molecule has 0 fully saturated rings. The van der Waals surface area contributed by atoms with Crippen molar-refractivity contribution >= 4 is 15.9 Å². The molecule has 3 N–H and O–H groups in total. The second-order valence-corrected chi connectivity index (χ2v) is 3.59. The molecule has 13 heavy (non-hydrogen) atoms. The van der Waals surface area contributed by atoms with E-state index in [0.29, 0.717) is 5.56 Å². The summed E-state index contributed by atoms with van der Waals surface area (Å²) in [6.45, 7) is 0. The predicted molar refractivity (Wildman–Crippen MR) is 53.0 cm³/mol. The summed E-state index contributed by atoms with van der Waals surface area (Å²) in [6, 6.07) is 6.52. The quantitative estimate of drug-likeness (QED) is 0.832. The highest BCUT2D eigenvalue weighted by molar-refractivity contribution is 9.10. The van der Waals surface area contributed by atoms with Crippen LogP contribution < -0.4 is 5.73 Å². The lowest BCUT2D eigenvalue weighted by Gasteiger charge is -2.09. The molecule has 0 bridgehead atoms. The molecule has 0 aliphatic rings. The van der Waals surface area contributed by atoms with Gasteiger partial charge in [-0.3, -0.25) is 0 Å². The summed E-state index contributed by atoms with van der Waals surface area (Å²) in [5, 5.41) is 17.9. The van der Waals surface area contributed by atoms with Gasteiger partial charge in [0.25, 0.3) is 0 Å². The van der Waals surface area contributed by atoms with E-state index < -0.39 is 6.04 Å². The first-order valence-electron chi connectivity index (χ1n) is 3.76. The Hall–Kier alpha value is -1.05. The van der Waals surface area contributed by atoms with Crippen LogP contribution in [0.1, 0.15) is 18.0 Å². The minimum absolute atomic E-state index is 0.131. The van der Waals surface area contributed by atoms with Gasteiger partial charge in [0.2, 0.25) is 0 Å². The molecule has 0 spiro atoms. The summed E-state index contributed by atoms with van der Waals surface area (Å²) >= 11 is 3.27. The van der Waals surface area contributed by atoms with Crippen molar-refractivity contribution in [1.82, 2.24) is 0 Å². The number of nitriles is 1. The van der Waals surface area contributed by atoms with Gasteiger partial charge >= 0.3 is 0 Å². The Morgan fingerprint density at radius 1 is 1.62 bits per heavy atom. The molecule has 0 aromatic heterocycles. The fourth-order valence-electron chi connectivity index (χ4n) is 1.03. The smallest absolute Gasteiger partial charge is 0.120 e. The Kier molecular flexibility index (Phi) is 3.29. The van der Waals surface area contributed by atoms with E-state index in [1.54, 1.807) is 18.2 Å². The molecule has 4 heteroatoms. The summed E-state index contributed by atoms with van der Waals surface area (Å²) < 4.78 is 0.841. The van der Waals surface area contributed by atoms with E-state index in [1.165, 1.54) is 0 Å². The Bertz CT molecular complexity index is 346. The number of rotatable bonds is 2. The number of phenols is 1. The summed E-state index contributed by atoms with van der Waals surface area (Å²) in [5.74, 6) is 0.131. The number of hydrogen-bond acceptors (Lipinski definition) is 3. The Morgan fingerprint density at radius 2 is 2.31 bits per heavy atom. The highest BCUT2D eigenvalue weighted by atomic mass is 79.9. The van der Waals surface area contributed by atoms with E-state index in [1.807, 2.05) is 6.07 Å². The number of halogens is 1. The largest absolute Gasteiger partial charge is 0.508 e. The topological polar surface area (TPSA) is 70.0 Å². The van der Waals surface area contributed by atoms with Crippen molar-refractivity contribution in [2.75, 3.05) is 0 Å². The van der Waals surface area contributed by atoms with Gasteiger partial charge in [0.1, 0.15) is 5.75 Å². The van der Waals surface area contributed by atoms with Crippen molar-refractivity contribution in [2.45, 2.75) is 12.5 Å². The molecule has 0 saturated carbocycles. The Morgan fingerprint density at radius 3 is 2.92 bits per heavy atom. The van der Waals surface area contributed by atoms with Crippen LogP contribution in [0.3, 0.4) is 0 Å². The highest BCUT2D eigenvalue weighted by Gasteiger charge is 2.10. The molecular weight excluding hydrogens is 232 g/mol. The summed E-state index contributed by atoms with van der Waals surface area (Å²) in [6.07, 6.45) is 0.198.